The van der Waals surface area contributed by atoms with E-state index < -0.39 is 11.9 Å². The number of thioether (sulfide) groups is 1. The van der Waals surface area contributed by atoms with Crippen molar-refractivity contribution >= 4 is 40.9 Å². The fourth-order valence-electron chi connectivity index (χ4n) is 3.11. The van der Waals surface area contributed by atoms with E-state index in [1.54, 1.807) is 42.9 Å². The van der Waals surface area contributed by atoms with Crippen LogP contribution >= 0.6 is 11.8 Å². The summed E-state index contributed by atoms with van der Waals surface area (Å²) < 4.78 is 3.19. The molecule has 0 radical (unpaired) electrons. The quantitative estimate of drug-likeness (QED) is 0.336. The maximum Gasteiger partial charge on any atom is 0.331 e. The number of rotatable bonds is 8. The van der Waals surface area contributed by atoms with E-state index in [4.69, 9.17) is 5.11 Å². The van der Waals surface area contributed by atoms with Crippen LogP contribution < -0.4 is 16.2 Å². The molecular formula is C24H24N4O5S. The molecule has 3 aromatic rings. The van der Waals surface area contributed by atoms with Gasteiger partial charge in [-0.2, -0.15) is 0 Å². The van der Waals surface area contributed by atoms with Gasteiger partial charge >= 0.3 is 5.97 Å². The van der Waals surface area contributed by atoms with Crippen molar-refractivity contribution in [2.75, 3.05) is 16.4 Å². The summed E-state index contributed by atoms with van der Waals surface area (Å²) in [4.78, 5) is 48.8. The van der Waals surface area contributed by atoms with Gasteiger partial charge in [0.1, 0.15) is 5.69 Å². The first-order valence-corrected chi connectivity index (χ1v) is 11.2. The summed E-state index contributed by atoms with van der Waals surface area (Å²) in [5, 5.41) is 14.1. The van der Waals surface area contributed by atoms with E-state index >= 15 is 0 Å². The number of nitrogens with one attached hydrogen (secondary N) is 2. The third kappa shape index (κ3) is 5.84. The zero-order valence-corrected chi connectivity index (χ0v) is 19.7. The Balaban J connectivity index is 1.61. The molecule has 0 aliphatic rings. The van der Waals surface area contributed by atoms with Crippen LogP contribution in [0.15, 0.2) is 75.9 Å². The van der Waals surface area contributed by atoms with Crippen LogP contribution in [0.5, 0.6) is 0 Å². The Kier molecular flexibility index (Phi) is 7.75. The normalized spacial score (nSPS) is 11.2. The number of carboxylic acid groups (broad SMARTS) is 1. The van der Waals surface area contributed by atoms with Crippen molar-refractivity contribution in [2.45, 2.75) is 18.7 Å². The lowest BCUT2D eigenvalue weighted by Crippen LogP contribution is -2.23. The van der Waals surface area contributed by atoms with Crippen LogP contribution in [0.3, 0.4) is 0 Å². The van der Waals surface area contributed by atoms with Gasteiger partial charge in [-0.15, -0.1) is 11.8 Å². The molecule has 1 heterocycles. The van der Waals surface area contributed by atoms with Crippen LogP contribution in [0, 0.1) is 6.92 Å². The van der Waals surface area contributed by atoms with Crippen molar-refractivity contribution < 1.29 is 19.5 Å². The van der Waals surface area contributed by atoms with Gasteiger partial charge in [-0.3, -0.25) is 19.1 Å². The van der Waals surface area contributed by atoms with Crippen LogP contribution in [0.1, 0.15) is 12.6 Å². The van der Waals surface area contributed by atoms with Crippen molar-refractivity contribution in [1.29, 1.82) is 0 Å². The molecule has 1 aromatic heterocycles. The van der Waals surface area contributed by atoms with Crippen LogP contribution in [-0.2, 0) is 21.4 Å². The monoisotopic (exact) mass is 480 g/mol. The molecule has 0 saturated carbocycles. The molecule has 0 aliphatic carbocycles. The molecule has 9 nitrogen and oxygen atoms in total. The van der Waals surface area contributed by atoms with Gasteiger partial charge in [-0.25, -0.2) is 9.48 Å². The molecule has 3 N–H and O–H groups in total. The maximum absolute atomic E-state index is 12.9. The molecule has 0 unspecified atom stereocenters. The highest BCUT2D eigenvalue weighted by Gasteiger charge is 2.18. The third-order valence-electron chi connectivity index (χ3n) is 5.00. The van der Waals surface area contributed by atoms with Crippen molar-refractivity contribution in [3.05, 3.63) is 82.3 Å². The number of carbonyl (C=O) groups is 3. The summed E-state index contributed by atoms with van der Waals surface area (Å²) in [7, 11) is 1.76. The summed E-state index contributed by atoms with van der Waals surface area (Å²) in [6, 6.07) is 15.9. The van der Waals surface area contributed by atoms with Gasteiger partial charge in [0.2, 0.25) is 11.8 Å². The fourth-order valence-corrected chi connectivity index (χ4v) is 3.81. The molecule has 2 aromatic carbocycles. The van der Waals surface area contributed by atoms with Crippen LogP contribution in [-0.4, -0.2) is 38.0 Å². The molecule has 0 spiro atoms. The first-order chi connectivity index (χ1) is 16.2. The predicted octanol–water partition coefficient (Wildman–Crippen LogP) is 3.18. The van der Waals surface area contributed by atoms with Crippen molar-refractivity contribution in [1.82, 2.24) is 9.36 Å². The first-order valence-electron chi connectivity index (χ1n) is 10.3. The van der Waals surface area contributed by atoms with Gasteiger partial charge in [-0.05, 0) is 50.2 Å². The lowest BCUT2D eigenvalue weighted by atomic mass is 10.2. The number of carboxylic acids is 1. The van der Waals surface area contributed by atoms with E-state index in [1.807, 2.05) is 30.3 Å². The van der Waals surface area contributed by atoms with E-state index in [-0.39, 0.29) is 28.5 Å². The second-order valence-electron chi connectivity index (χ2n) is 7.42. The smallest absolute Gasteiger partial charge is 0.331 e. The molecule has 0 bridgehead atoms. The number of aromatic nitrogens is 2. The zero-order chi connectivity index (χ0) is 24.8. The Morgan fingerprint density at radius 2 is 1.68 bits per heavy atom. The standard InChI is InChI=1S/C24H24N4O5S/c1-15(24(32)33)13-20(29)25-17-9-11-19(12-10-17)34-14-21(30)26-22-16(2)27(3)28(23(22)31)18-7-5-4-6-8-18/h4-13H,14H2,1-3H3,(H,25,29)(H,26,30)(H,32,33)/b15-13+. The molecule has 0 aliphatic heterocycles. The number of hydrogen-bond donors (Lipinski definition) is 3. The first kappa shape index (κ1) is 24.6. The van der Waals surface area contributed by atoms with Crippen molar-refractivity contribution in [3.63, 3.8) is 0 Å². The predicted molar refractivity (Wildman–Crippen MR) is 132 cm³/mol. The molecule has 10 heteroatoms. The number of hydrogen-bond acceptors (Lipinski definition) is 5. The van der Waals surface area contributed by atoms with Gasteiger partial charge < -0.3 is 15.7 Å². The number of anilines is 2. The fraction of sp³-hybridized carbons (Fsp3) is 0.167. The van der Waals surface area contributed by atoms with E-state index in [1.165, 1.54) is 23.4 Å². The van der Waals surface area contributed by atoms with Crippen LogP contribution in [0.4, 0.5) is 11.4 Å². The largest absolute Gasteiger partial charge is 0.478 e. The maximum atomic E-state index is 12.9. The van der Waals surface area contributed by atoms with Crippen LogP contribution in [0.2, 0.25) is 0 Å². The second-order valence-corrected chi connectivity index (χ2v) is 8.47. The lowest BCUT2D eigenvalue weighted by molar-refractivity contribution is -0.132. The van der Waals surface area contributed by atoms with Gasteiger partial charge in [0.25, 0.3) is 5.56 Å². The zero-order valence-electron chi connectivity index (χ0n) is 18.9. The Labute approximate surface area is 200 Å². The van der Waals surface area contributed by atoms with Crippen molar-refractivity contribution in [3.8, 4) is 5.69 Å². The number of benzene rings is 2. The van der Waals surface area contributed by atoms with E-state index in [0.29, 0.717) is 17.1 Å². The van der Waals surface area contributed by atoms with Crippen molar-refractivity contribution in [2.24, 2.45) is 7.05 Å². The molecule has 2 amide bonds. The molecule has 0 fully saturated rings. The molecule has 3 rings (SSSR count). The van der Waals surface area contributed by atoms with Crippen LogP contribution in [0.25, 0.3) is 5.69 Å². The summed E-state index contributed by atoms with van der Waals surface area (Å²) in [6.45, 7) is 3.10. The number of amides is 2. The highest BCUT2D eigenvalue weighted by molar-refractivity contribution is 8.00. The molecule has 34 heavy (non-hydrogen) atoms. The molecule has 0 atom stereocenters. The van der Waals surface area contributed by atoms with Gasteiger partial charge in [-0.1, -0.05) is 18.2 Å². The van der Waals surface area contributed by atoms with E-state index in [0.717, 1.165) is 11.0 Å². The number of carbonyl (C=O) groups excluding carboxylic acids is 2. The summed E-state index contributed by atoms with van der Waals surface area (Å²) >= 11 is 1.28. The average Bonchev–Trinajstić information content (AvgIpc) is 3.02. The highest BCUT2D eigenvalue weighted by atomic mass is 32.2. The number of aliphatic carboxylic acids is 1. The Bertz CT molecular complexity index is 1310. The summed E-state index contributed by atoms with van der Waals surface area (Å²) in [5.74, 6) is -1.93. The topological polar surface area (TPSA) is 122 Å². The molecule has 0 saturated heterocycles. The average molecular weight is 481 g/mol. The SMILES string of the molecule is C/C(=C\C(=O)Nc1ccc(SCC(=O)Nc2c(C)n(C)n(-c3ccccc3)c2=O)cc1)C(=O)O. The Morgan fingerprint density at radius 3 is 2.29 bits per heavy atom. The third-order valence-corrected chi connectivity index (χ3v) is 6.01. The van der Waals surface area contributed by atoms with Gasteiger partial charge in [0.05, 0.1) is 17.1 Å². The number of nitrogens with zero attached hydrogens (tertiary/aromatic N) is 2. The lowest BCUT2D eigenvalue weighted by Gasteiger charge is -2.07. The Hall–Kier alpha value is -4.05. The Morgan fingerprint density at radius 1 is 1.03 bits per heavy atom. The summed E-state index contributed by atoms with van der Waals surface area (Å²) in [5.41, 5.74) is 1.69. The minimum atomic E-state index is -1.16. The van der Waals surface area contributed by atoms with E-state index in [2.05, 4.69) is 10.6 Å². The van der Waals surface area contributed by atoms with Gasteiger partial charge in [0.15, 0.2) is 0 Å². The molecular weight excluding hydrogens is 456 g/mol. The minimum Gasteiger partial charge on any atom is -0.478 e. The second kappa shape index (κ2) is 10.7. The van der Waals surface area contributed by atoms with E-state index in [9.17, 15) is 19.2 Å². The highest BCUT2D eigenvalue weighted by Crippen LogP contribution is 2.21. The van der Waals surface area contributed by atoms with Gasteiger partial charge in [0, 0.05) is 29.3 Å². The number of para-hydroxylation sites is 1. The minimum absolute atomic E-state index is 0.0696. The molecule has 176 valence electrons. The summed E-state index contributed by atoms with van der Waals surface area (Å²) in [6.07, 6.45) is 1.01.